The number of hydrogen-bond donors (Lipinski definition) is 1. The molecule has 5 nitrogen and oxygen atoms in total. The number of likely N-dealkylation sites (N-methyl/N-ethyl adjacent to an activating group) is 1. The fourth-order valence-corrected chi connectivity index (χ4v) is 2.42. The summed E-state index contributed by atoms with van der Waals surface area (Å²) in [7, 11) is 2.11. The topological polar surface area (TPSA) is 60.6 Å². The van der Waals surface area contributed by atoms with Crippen molar-refractivity contribution in [2.75, 3.05) is 33.4 Å². The largest absolute Gasteiger partial charge is 0.489 e. The Balaban J connectivity index is 1.98. The van der Waals surface area contributed by atoms with E-state index in [-0.39, 0.29) is 12.1 Å². The van der Waals surface area contributed by atoms with Crippen molar-refractivity contribution in [2.24, 2.45) is 5.73 Å². The zero-order valence-corrected chi connectivity index (χ0v) is 13.3. The van der Waals surface area contributed by atoms with Crippen LogP contribution in [0.3, 0.4) is 0 Å². The summed E-state index contributed by atoms with van der Waals surface area (Å²) in [4.78, 5) is 6.85. The molecule has 118 valence electrons. The Hall–Kier alpha value is -1.17. The van der Waals surface area contributed by atoms with Crippen molar-refractivity contribution in [1.29, 1.82) is 0 Å². The van der Waals surface area contributed by atoms with Gasteiger partial charge in [-0.3, -0.25) is 4.98 Å². The van der Waals surface area contributed by atoms with Gasteiger partial charge in [0.25, 0.3) is 0 Å². The van der Waals surface area contributed by atoms with E-state index in [0.717, 1.165) is 49.7 Å². The van der Waals surface area contributed by atoms with Crippen LogP contribution in [-0.2, 0) is 11.2 Å². The van der Waals surface area contributed by atoms with Gasteiger partial charge in [0, 0.05) is 31.2 Å². The molecule has 2 atom stereocenters. The van der Waals surface area contributed by atoms with Crippen LogP contribution in [0.4, 0.5) is 0 Å². The summed E-state index contributed by atoms with van der Waals surface area (Å²) in [6, 6.07) is 4.09. The highest BCUT2D eigenvalue weighted by Gasteiger charge is 2.19. The number of aromatic nitrogens is 1. The Bertz CT molecular complexity index is 453. The normalized spacial score (nSPS) is 21.2. The number of pyridine rings is 1. The molecule has 1 aromatic heterocycles. The van der Waals surface area contributed by atoms with Crippen LogP contribution >= 0.6 is 0 Å². The zero-order valence-electron chi connectivity index (χ0n) is 13.3. The van der Waals surface area contributed by atoms with Crippen LogP contribution < -0.4 is 10.5 Å². The van der Waals surface area contributed by atoms with Gasteiger partial charge in [0.2, 0.25) is 0 Å². The SMILES string of the molecule is CCC(N)Cc1nc(C)ccc1OCC1CN(C)CCO1. The second-order valence-electron chi connectivity index (χ2n) is 5.84. The van der Waals surface area contributed by atoms with Crippen molar-refractivity contribution < 1.29 is 9.47 Å². The fraction of sp³-hybridized carbons (Fsp3) is 0.688. The van der Waals surface area contributed by atoms with Crippen LogP contribution in [0.5, 0.6) is 5.75 Å². The van der Waals surface area contributed by atoms with Crippen molar-refractivity contribution in [3.05, 3.63) is 23.5 Å². The number of nitrogens with two attached hydrogens (primary N) is 1. The molecule has 1 aliphatic rings. The van der Waals surface area contributed by atoms with Crippen LogP contribution in [0.2, 0.25) is 0 Å². The van der Waals surface area contributed by atoms with E-state index >= 15 is 0 Å². The van der Waals surface area contributed by atoms with Gasteiger partial charge < -0.3 is 20.1 Å². The standard InChI is InChI=1S/C16H27N3O2/c1-4-13(17)9-15-16(6-5-12(2)18-15)21-11-14-10-19(3)7-8-20-14/h5-6,13-14H,4,7-11,17H2,1-3H3. The summed E-state index contributed by atoms with van der Waals surface area (Å²) in [5.41, 5.74) is 8.00. The zero-order chi connectivity index (χ0) is 15.2. The van der Waals surface area contributed by atoms with Crippen molar-refractivity contribution >= 4 is 0 Å². The molecular weight excluding hydrogens is 266 g/mol. The van der Waals surface area contributed by atoms with Gasteiger partial charge in [0.15, 0.2) is 0 Å². The third-order valence-electron chi connectivity index (χ3n) is 3.82. The second kappa shape index (κ2) is 7.73. The van der Waals surface area contributed by atoms with E-state index in [9.17, 15) is 0 Å². The average molecular weight is 293 g/mol. The van der Waals surface area contributed by atoms with Gasteiger partial charge in [-0.25, -0.2) is 0 Å². The summed E-state index contributed by atoms with van der Waals surface area (Å²) < 4.78 is 11.7. The molecular formula is C16H27N3O2. The van der Waals surface area contributed by atoms with Gasteiger partial charge >= 0.3 is 0 Å². The van der Waals surface area contributed by atoms with Crippen LogP contribution in [0.1, 0.15) is 24.7 Å². The lowest BCUT2D eigenvalue weighted by Crippen LogP contribution is -2.42. The van der Waals surface area contributed by atoms with E-state index < -0.39 is 0 Å². The van der Waals surface area contributed by atoms with E-state index in [1.54, 1.807) is 0 Å². The summed E-state index contributed by atoms with van der Waals surface area (Å²) in [5, 5.41) is 0. The van der Waals surface area contributed by atoms with E-state index in [1.165, 1.54) is 0 Å². The fourth-order valence-electron chi connectivity index (χ4n) is 2.42. The highest BCUT2D eigenvalue weighted by molar-refractivity contribution is 5.30. The first kappa shape index (κ1) is 16.2. The van der Waals surface area contributed by atoms with Gasteiger partial charge in [0.05, 0.1) is 12.3 Å². The first-order valence-corrected chi connectivity index (χ1v) is 7.73. The summed E-state index contributed by atoms with van der Waals surface area (Å²) in [6.45, 7) is 7.30. The molecule has 0 amide bonds. The molecule has 0 spiro atoms. The minimum atomic E-state index is 0.123. The summed E-state index contributed by atoms with van der Waals surface area (Å²) >= 11 is 0. The van der Waals surface area contributed by atoms with Crippen LogP contribution in [-0.4, -0.2) is 55.4 Å². The highest BCUT2D eigenvalue weighted by atomic mass is 16.5. The first-order chi connectivity index (χ1) is 10.1. The molecule has 2 unspecified atom stereocenters. The highest BCUT2D eigenvalue weighted by Crippen LogP contribution is 2.20. The molecule has 1 aromatic rings. The van der Waals surface area contributed by atoms with E-state index in [4.69, 9.17) is 15.2 Å². The Morgan fingerprint density at radius 1 is 1.52 bits per heavy atom. The number of hydrogen-bond acceptors (Lipinski definition) is 5. The molecule has 0 saturated carbocycles. The molecule has 1 fully saturated rings. The molecule has 1 aliphatic heterocycles. The third kappa shape index (κ3) is 4.95. The number of rotatable bonds is 6. The number of nitrogens with zero attached hydrogens (tertiary/aromatic N) is 2. The van der Waals surface area contributed by atoms with Gasteiger partial charge in [-0.05, 0) is 32.5 Å². The second-order valence-corrected chi connectivity index (χ2v) is 5.84. The van der Waals surface area contributed by atoms with Crippen LogP contribution in [0.15, 0.2) is 12.1 Å². The van der Waals surface area contributed by atoms with Gasteiger partial charge in [0.1, 0.15) is 18.5 Å². The maximum absolute atomic E-state index is 6.05. The minimum Gasteiger partial charge on any atom is -0.489 e. The smallest absolute Gasteiger partial charge is 0.141 e. The Kier molecular flexibility index (Phi) is 5.96. The maximum atomic E-state index is 6.05. The number of morpholine rings is 1. The molecule has 2 N–H and O–H groups in total. The molecule has 0 radical (unpaired) electrons. The van der Waals surface area contributed by atoms with Gasteiger partial charge in [-0.1, -0.05) is 6.92 Å². The predicted octanol–water partition coefficient (Wildman–Crippen LogP) is 1.38. The summed E-state index contributed by atoms with van der Waals surface area (Å²) in [5.74, 6) is 0.835. The molecule has 0 aromatic carbocycles. The van der Waals surface area contributed by atoms with E-state index in [0.29, 0.717) is 6.61 Å². The molecule has 21 heavy (non-hydrogen) atoms. The Morgan fingerprint density at radius 2 is 2.33 bits per heavy atom. The summed E-state index contributed by atoms with van der Waals surface area (Å²) in [6.07, 6.45) is 1.81. The quantitative estimate of drug-likeness (QED) is 0.858. The maximum Gasteiger partial charge on any atom is 0.141 e. The van der Waals surface area contributed by atoms with Crippen molar-refractivity contribution in [2.45, 2.75) is 38.8 Å². The minimum absolute atomic E-state index is 0.123. The Morgan fingerprint density at radius 3 is 3.05 bits per heavy atom. The Labute approximate surface area is 127 Å². The van der Waals surface area contributed by atoms with Crippen molar-refractivity contribution in [3.8, 4) is 5.75 Å². The lowest BCUT2D eigenvalue weighted by atomic mass is 10.1. The molecule has 1 saturated heterocycles. The van der Waals surface area contributed by atoms with Crippen molar-refractivity contribution in [3.63, 3.8) is 0 Å². The van der Waals surface area contributed by atoms with Gasteiger partial charge in [-0.15, -0.1) is 0 Å². The lowest BCUT2D eigenvalue weighted by Gasteiger charge is -2.30. The van der Waals surface area contributed by atoms with Crippen LogP contribution in [0, 0.1) is 6.92 Å². The molecule has 0 aliphatic carbocycles. The van der Waals surface area contributed by atoms with E-state index in [2.05, 4.69) is 23.9 Å². The van der Waals surface area contributed by atoms with Gasteiger partial charge in [-0.2, -0.15) is 0 Å². The molecule has 0 bridgehead atoms. The number of aryl methyl sites for hydroxylation is 1. The molecule has 5 heteroatoms. The molecule has 2 rings (SSSR count). The molecule has 2 heterocycles. The predicted molar refractivity (Wildman–Crippen MR) is 83.7 cm³/mol. The van der Waals surface area contributed by atoms with Crippen LogP contribution in [0.25, 0.3) is 0 Å². The first-order valence-electron chi connectivity index (χ1n) is 7.73. The lowest BCUT2D eigenvalue weighted by molar-refractivity contribution is -0.0405. The van der Waals surface area contributed by atoms with E-state index in [1.807, 2.05) is 19.1 Å². The monoisotopic (exact) mass is 293 g/mol. The third-order valence-corrected chi connectivity index (χ3v) is 3.82. The average Bonchev–Trinajstić information content (AvgIpc) is 2.46. The number of ether oxygens (including phenoxy) is 2. The van der Waals surface area contributed by atoms with Crippen molar-refractivity contribution in [1.82, 2.24) is 9.88 Å².